The fourth-order valence-corrected chi connectivity index (χ4v) is 2.67. The van der Waals surface area contributed by atoms with E-state index in [9.17, 15) is 4.39 Å². The van der Waals surface area contributed by atoms with E-state index in [0.717, 1.165) is 22.2 Å². The smallest absolute Gasteiger partial charge is 0.195 e. The van der Waals surface area contributed by atoms with Gasteiger partial charge < -0.3 is 9.88 Å². The molecule has 2 aromatic rings. The molecule has 0 amide bonds. The predicted molar refractivity (Wildman–Crippen MR) is 71.4 cm³/mol. The molecule has 1 saturated carbocycles. The van der Waals surface area contributed by atoms with E-state index in [2.05, 4.69) is 15.5 Å². The summed E-state index contributed by atoms with van der Waals surface area (Å²) in [6, 6.07) is 5.73. The third-order valence-corrected chi connectivity index (χ3v) is 4.01. The quantitative estimate of drug-likeness (QED) is 0.911. The van der Waals surface area contributed by atoms with Crippen LogP contribution < -0.4 is 5.32 Å². The van der Waals surface area contributed by atoms with Gasteiger partial charge in [0, 0.05) is 24.5 Å². The minimum Gasteiger partial charge on any atom is -0.311 e. The normalized spacial score (nSPS) is 14.8. The Morgan fingerprint density at radius 3 is 2.95 bits per heavy atom. The molecule has 0 saturated heterocycles. The second-order valence-electron chi connectivity index (χ2n) is 4.78. The van der Waals surface area contributed by atoms with Gasteiger partial charge in [0.1, 0.15) is 12.1 Å². The van der Waals surface area contributed by atoms with E-state index in [-0.39, 0.29) is 5.82 Å². The SMILES string of the molecule is Cn1cnnc1Sc1cc(F)cc(CNC2CC2)c1. The van der Waals surface area contributed by atoms with Crippen LogP contribution in [0.25, 0.3) is 0 Å². The molecular formula is C13H15FN4S. The first-order valence-electron chi connectivity index (χ1n) is 6.25. The summed E-state index contributed by atoms with van der Waals surface area (Å²) in [5.41, 5.74) is 0.969. The largest absolute Gasteiger partial charge is 0.311 e. The Balaban J connectivity index is 1.74. The molecule has 1 N–H and O–H groups in total. The monoisotopic (exact) mass is 278 g/mol. The van der Waals surface area contributed by atoms with Crippen molar-refractivity contribution < 1.29 is 4.39 Å². The number of hydrogen-bond donors (Lipinski definition) is 1. The Bertz CT molecular complexity index is 580. The van der Waals surface area contributed by atoms with Crippen molar-refractivity contribution in [1.82, 2.24) is 20.1 Å². The van der Waals surface area contributed by atoms with Crippen LogP contribution in [0.4, 0.5) is 4.39 Å². The van der Waals surface area contributed by atoms with Crippen LogP contribution in [-0.2, 0) is 13.6 Å². The van der Waals surface area contributed by atoms with Gasteiger partial charge in [0.15, 0.2) is 5.16 Å². The second-order valence-corrected chi connectivity index (χ2v) is 5.82. The van der Waals surface area contributed by atoms with Crippen LogP contribution in [0.15, 0.2) is 34.6 Å². The second kappa shape index (κ2) is 5.30. The minimum absolute atomic E-state index is 0.209. The van der Waals surface area contributed by atoms with Gasteiger partial charge in [0.2, 0.25) is 0 Å². The molecule has 1 aliphatic rings. The molecule has 19 heavy (non-hydrogen) atoms. The summed E-state index contributed by atoms with van der Waals surface area (Å²) < 4.78 is 15.4. The van der Waals surface area contributed by atoms with Crippen LogP contribution in [0.5, 0.6) is 0 Å². The van der Waals surface area contributed by atoms with Gasteiger partial charge in [0.05, 0.1) is 0 Å². The van der Waals surface area contributed by atoms with E-state index in [1.807, 2.05) is 17.7 Å². The van der Waals surface area contributed by atoms with Crippen molar-refractivity contribution in [1.29, 1.82) is 0 Å². The molecule has 0 aliphatic heterocycles. The van der Waals surface area contributed by atoms with Gasteiger partial charge in [-0.15, -0.1) is 10.2 Å². The number of aryl methyl sites for hydroxylation is 1. The molecule has 1 aromatic carbocycles. The molecule has 4 nitrogen and oxygen atoms in total. The fourth-order valence-electron chi connectivity index (χ4n) is 1.80. The summed E-state index contributed by atoms with van der Waals surface area (Å²) in [7, 11) is 1.87. The highest BCUT2D eigenvalue weighted by Gasteiger charge is 2.20. The molecule has 100 valence electrons. The van der Waals surface area contributed by atoms with E-state index in [1.54, 1.807) is 12.4 Å². The topological polar surface area (TPSA) is 42.7 Å². The first kappa shape index (κ1) is 12.6. The first-order chi connectivity index (χ1) is 9.20. The first-order valence-corrected chi connectivity index (χ1v) is 7.07. The highest BCUT2D eigenvalue weighted by atomic mass is 32.2. The lowest BCUT2D eigenvalue weighted by atomic mass is 10.2. The lowest BCUT2D eigenvalue weighted by Crippen LogP contribution is -2.15. The minimum atomic E-state index is -0.209. The van der Waals surface area contributed by atoms with Gasteiger partial charge in [-0.05, 0) is 48.4 Å². The van der Waals surface area contributed by atoms with E-state index in [1.165, 1.54) is 30.7 Å². The Morgan fingerprint density at radius 2 is 2.26 bits per heavy atom. The molecule has 0 spiro atoms. The zero-order valence-electron chi connectivity index (χ0n) is 10.6. The Labute approximate surface area is 115 Å². The maximum Gasteiger partial charge on any atom is 0.195 e. The van der Waals surface area contributed by atoms with Crippen LogP contribution in [0.2, 0.25) is 0 Å². The van der Waals surface area contributed by atoms with Gasteiger partial charge >= 0.3 is 0 Å². The van der Waals surface area contributed by atoms with Gasteiger partial charge in [0.25, 0.3) is 0 Å². The molecule has 0 unspecified atom stereocenters. The van der Waals surface area contributed by atoms with Crippen molar-refractivity contribution in [3.63, 3.8) is 0 Å². The van der Waals surface area contributed by atoms with Crippen molar-refractivity contribution in [2.45, 2.75) is 35.5 Å². The third-order valence-electron chi connectivity index (χ3n) is 2.98. The summed E-state index contributed by atoms with van der Waals surface area (Å²) in [6.07, 6.45) is 4.10. The maximum atomic E-state index is 13.6. The number of rotatable bonds is 5. The average Bonchev–Trinajstić information content (AvgIpc) is 3.11. The molecule has 0 atom stereocenters. The highest BCUT2D eigenvalue weighted by molar-refractivity contribution is 7.99. The summed E-state index contributed by atoms with van der Waals surface area (Å²) >= 11 is 1.42. The molecule has 1 fully saturated rings. The number of aromatic nitrogens is 3. The van der Waals surface area contributed by atoms with Crippen LogP contribution in [0, 0.1) is 5.82 Å². The summed E-state index contributed by atoms with van der Waals surface area (Å²) in [5.74, 6) is -0.209. The van der Waals surface area contributed by atoms with Gasteiger partial charge in [-0.2, -0.15) is 0 Å². The maximum absolute atomic E-state index is 13.6. The molecular weight excluding hydrogens is 263 g/mol. The van der Waals surface area contributed by atoms with Crippen molar-refractivity contribution in [2.24, 2.45) is 7.05 Å². The Kier molecular flexibility index (Phi) is 3.52. The van der Waals surface area contributed by atoms with Gasteiger partial charge in [-0.25, -0.2) is 4.39 Å². The zero-order chi connectivity index (χ0) is 13.2. The fraction of sp³-hybridized carbons (Fsp3) is 0.385. The third kappa shape index (κ3) is 3.33. The molecule has 0 radical (unpaired) electrons. The van der Waals surface area contributed by atoms with Crippen LogP contribution in [0.1, 0.15) is 18.4 Å². The summed E-state index contributed by atoms with van der Waals surface area (Å²) in [4.78, 5) is 0.851. The van der Waals surface area contributed by atoms with E-state index in [0.29, 0.717) is 6.04 Å². The van der Waals surface area contributed by atoms with E-state index in [4.69, 9.17) is 0 Å². The number of nitrogens with zero attached hydrogens (tertiary/aromatic N) is 3. The molecule has 0 bridgehead atoms. The van der Waals surface area contributed by atoms with Crippen LogP contribution >= 0.6 is 11.8 Å². The molecule has 1 aromatic heterocycles. The Hall–Kier alpha value is -1.40. The summed E-state index contributed by atoms with van der Waals surface area (Å²) in [5, 5.41) is 12.0. The lowest BCUT2D eigenvalue weighted by molar-refractivity contribution is 0.615. The Morgan fingerprint density at radius 1 is 1.42 bits per heavy atom. The van der Waals surface area contributed by atoms with Gasteiger partial charge in [-0.1, -0.05) is 0 Å². The van der Waals surface area contributed by atoms with Crippen molar-refractivity contribution >= 4 is 11.8 Å². The number of hydrogen-bond acceptors (Lipinski definition) is 4. The van der Waals surface area contributed by atoms with Crippen molar-refractivity contribution in [2.75, 3.05) is 0 Å². The van der Waals surface area contributed by atoms with E-state index >= 15 is 0 Å². The summed E-state index contributed by atoms with van der Waals surface area (Å²) in [6.45, 7) is 0.717. The molecule has 1 aliphatic carbocycles. The molecule has 1 heterocycles. The van der Waals surface area contributed by atoms with Gasteiger partial charge in [-0.3, -0.25) is 0 Å². The predicted octanol–water partition coefficient (Wildman–Crippen LogP) is 2.36. The molecule has 3 rings (SSSR count). The van der Waals surface area contributed by atoms with Crippen LogP contribution in [-0.4, -0.2) is 20.8 Å². The number of benzene rings is 1. The number of nitrogens with one attached hydrogen (secondary N) is 1. The lowest BCUT2D eigenvalue weighted by Gasteiger charge is -2.06. The van der Waals surface area contributed by atoms with Crippen molar-refractivity contribution in [3.05, 3.63) is 35.9 Å². The van der Waals surface area contributed by atoms with Crippen LogP contribution in [0.3, 0.4) is 0 Å². The van der Waals surface area contributed by atoms with Crippen molar-refractivity contribution in [3.8, 4) is 0 Å². The molecule has 6 heteroatoms. The average molecular weight is 278 g/mol. The highest BCUT2D eigenvalue weighted by Crippen LogP contribution is 2.27. The number of halogens is 1. The standard InChI is InChI=1S/C13H15FN4S/c1-18-8-16-17-13(18)19-12-5-9(4-10(14)6-12)7-15-11-2-3-11/h4-6,8,11,15H,2-3,7H2,1H3. The zero-order valence-corrected chi connectivity index (χ0v) is 11.5. The van der Waals surface area contributed by atoms with E-state index < -0.39 is 0 Å².